The van der Waals surface area contributed by atoms with Crippen molar-refractivity contribution in [3.05, 3.63) is 17.3 Å². The fourth-order valence-corrected chi connectivity index (χ4v) is 3.40. The number of aromatic nitrogens is 3. The predicted molar refractivity (Wildman–Crippen MR) is 87.5 cm³/mol. The molecule has 122 valence electrons. The van der Waals surface area contributed by atoms with E-state index in [1.807, 2.05) is 10.6 Å². The van der Waals surface area contributed by atoms with Crippen molar-refractivity contribution in [3.8, 4) is 0 Å². The molecule has 0 saturated heterocycles. The van der Waals surface area contributed by atoms with Gasteiger partial charge in [0.25, 0.3) is 0 Å². The molecule has 7 heteroatoms. The minimum atomic E-state index is -0.834. The van der Waals surface area contributed by atoms with Crippen molar-refractivity contribution in [1.82, 2.24) is 14.5 Å². The van der Waals surface area contributed by atoms with E-state index in [2.05, 4.69) is 15.3 Å². The van der Waals surface area contributed by atoms with Crippen molar-refractivity contribution in [2.75, 3.05) is 5.32 Å². The molecule has 0 unspecified atom stereocenters. The third-order valence-electron chi connectivity index (χ3n) is 4.97. The predicted octanol–water partition coefficient (Wildman–Crippen LogP) is 3.05. The van der Waals surface area contributed by atoms with E-state index in [1.165, 1.54) is 0 Å². The lowest BCUT2D eigenvalue weighted by Gasteiger charge is -2.36. The fourth-order valence-electron chi connectivity index (χ4n) is 3.26. The van der Waals surface area contributed by atoms with E-state index in [1.54, 1.807) is 6.07 Å². The molecule has 2 saturated carbocycles. The van der Waals surface area contributed by atoms with Gasteiger partial charge in [-0.1, -0.05) is 11.6 Å². The molecule has 4 rings (SSSR count). The quantitative estimate of drug-likeness (QED) is 0.842. The Labute approximate surface area is 138 Å². The van der Waals surface area contributed by atoms with Crippen LogP contribution in [0.25, 0.3) is 11.2 Å². The molecule has 1 amide bonds. The first-order chi connectivity index (χ1) is 11.0. The lowest BCUT2D eigenvalue weighted by Crippen LogP contribution is -2.40. The van der Waals surface area contributed by atoms with E-state index in [0.29, 0.717) is 35.6 Å². The number of carbonyl (C=O) groups excluding carboxylic acids is 1. The van der Waals surface area contributed by atoms with Gasteiger partial charge in [-0.25, -0.2) is 9.97 Å². The van der Waals surface area contributed by atoms with Crippen molar-refractivity contribution < 1.29 is 9.90 Å². The third-order valence-corrected chi connectivity index (χ3v) is 5.18. The summed E-state index contributed by atoms with van der Waals surface area (Å²) in [7, 11) is 0. The second-order valence-electron chi connectivity index (χ2n) is 6.67. The highest BCUT2D eigenvalue weighted by Gasteiger charge is 2.37. The smallest absolute Gasteiger partial charge is 0.229 e. The van der Waals surface area contributed by atoms with Crippen molar-refractivity contribution in [1.29, 1.82) is 0 Å². The van der Waals surface area contributed by atoms with Gasteiger partial charge < -0.3 is 5.11 Å². The molecule has 0 spiro atoms. The van der Waals surface area contributed by atoms with Gasteiger partial charge in [0.1, 0.15) is 10.7 Å². The highest BCUT2D eigenvalue weighted by Crippen LogP contribution is 2.38. The number of imidazole rings is 1. The maximum absolute atomic E-state index is 12.3. The molecule has 0 atom stereocenters. The van der Waals surface area contributed by atoms with E-state index in [0.717, 1.165) is 31.2 Å². The average Bonchev–Trinajstić information content (AvgIpc) is 2.73. The van der Waals surface area contributed by atoms with Crippen LogP contribution in [0.4, 0.5) is 5.95 Å². The van der Waals surface area contributed by atoms with Crippen LogP contribution in [0.1, 0.15) is 51.0 Å². The molecule has 2 aliphatic rings. The Morgan fingerprint density at radius 2 is 2.13 bits per heavy atom. The molecule has 0 radical (unpaired) electrons. The number of anilines is 1. The van der Waals surface area contributed by atoms with Gasteiger partial charge in [-0.15, -0.1) is 0 Å². The Bertz CT molecular complexity index is 765. The minimum absolute atomic E-state index is 0.120. The highest BCUT2D eigenvalue weighted by atomic mass is 35.5. The highest BCUT2D eigenvalue weighted by molar-refractivity contribution is 6.29. The molecule has 2 heterocycles. The van der Waals surface area contributed by atoms with E-state index >= 15 is 0 Å². The maximum atomic E-state index is 12.3. The van der Waals surface area contributed by atoms with Crippen LogP contribution in [0.3, 0.4) is 0 Å². The van der Waals surface area contributed by atoms with Crippen LogP contribution in [0.5, 0.6) is 0 Å². The van der Waals surface area contributed by atoms with E-state index in [9.17, 15) is 9.90 Å². The van der Waals surface area contributed by atoms with Crippen molar-refractivity contribution in [3.63, 3.8) is 0 Å². The van der Waals surface area contributed by atoms with Crippen molar-refractivity contribution in [2.24, 2.45) is 0 Å². The Morgan fingerprint density at radius 3 is 2.74 bits per heavy atom. The second kappa shape index (κ2) is 5.46. The van der Waals surface area contributed by atoms with Crippen LogP contribution in [0.15, 0.2) is 12.1 Å². The minimum Gasteiger partial charge on any atom is -0.389 e. The van der Waals surface area contributed by atoms with Crippen LogP contribution in [-0.4, -0.2) is 31.1 Å². The summed E-state index contributed by atoms with van der Waals surface area (Å²) < 4.78 is 1.98. The number of nitrogens with one attached hydrogen (secondary N) is 1. The monoisotopic (exact) mass is 334 g/mol. The zero-order chi connectivity index (χ0) is 16.0. The lowest BCUT2D eigenvalue weighted by molar-refractivity contribution is -0.125. The SMILES string of the molecule is O=C(CC1(O)CCC1)Nc1nc2ccc(Cl)nc2n1C1CCC1. The summed E-state index contributed by atoms with van der Waals surface area (Å²) >= 11 is 6.01. The first-order valence-corrected chi connectivity index (χ1v) is 8.49. The normalized spacial score (nSPS) is 20.1. The lowest BCUT2D eigenvalue weighted by atomic mass is 9.78. The number of halogens is 1. The third kappa shape index (κ3) is 2.70. The van der Waals surface area contributed by atoms with Crippen LogP contribution in [-0.2, 0) is 4.79 Å². The Balaban J connectivity index is 1.64. The number of amides is 1. The first kappa shape index (κ1) is 14.9. The van der Waals surface area contributed by atoms with Crippen LogP contribution >= 0.6 is 11.6 Å². The summed E-state index contributed by atoms with van der Waals surface area (Å²) in [6.07, 6.45) is 5.74. The van der Waals surface area contributed by atoms with Crippen molar-refractivity contribution >= 4 is 34.6 Å². The zero-order valence-corrected chi connectivity index (χ0v) is 13.5. The standard InChI is InChI=1S/C16H19ClN4O2/c17-12-6-5-11-14(19-12)21(10-3-1-4-10)15(18-11)20-13(22)9-16(23)7-2-8-16/h5-6,10,23H,1-4,7-9H2,(H,18,20,22). The van der Waals surface area contributed by atoms with E-state index < -0.39 is 5.60 Å². The molecule has 6 nitrogen and oxygen atoms in total. The van der Waals surface area contributed by atoms with Gasteiger partial charge in [-0.3, -0.25) is 14.7 Å². The van der Waals surface area contributed by atoms with Crippen LogP contribution in [0.2, 0.25) is 5.15 Å². The van der Waals surface area contributed by atoms with Gasteiger partial charge in [0, 0.05) is 6.04 Å². The summed E-state index contributed by atoms with van der Waals surface area (Å²) in [4.78, 5) is 21.1. The number of pyridine rings is 1. The average molecular weight is 335 g/mol. The molecule has 0 bridgehead atoms. The summed E-state index contributed by atoms with van der Waals surface area (Å²) in [5.41, 5.74) is 0.595. The summed E-state index contributed by atoms with van der Waals surface area (Å²) in [5, 5.41) is 13.4. The summed E-state index contributed by atoms with van der Waals surface area (Å²) in [6.45, 7) is 0. The number of fused-ring (bicyclic) bond motifs is 1. The molecule has 0 aliphatic heterocycles. The molecular formula is C16H19ClN4O2. The van der Waals surface area contributed by atoms with Gasteiger partial charge >= 0.3 is 0 Å². The van der Waals surface area contributed by atoms with Gasteiger partial charge in [0.05, 0.1) is 12.0 Å². The fraction of sp³-hybridized carbons (Fsp3) is 0.562. The van der Waals surface area contributed by atoms with Gasteiger partial charge in [-0.05, 0) is 50.7 Å². The largest absolute Gasteiger partial charge is 0.389 e. The molecule has 2 aromatic heterocycles. The Kier molecular flexibility index (Phi) is 3.54. The molecule has 2 fully saturated rings. The summed E-state index contributed by atoms with van der Waals surface area (Å²) in [6, 6.07) is 3.81. The van der Waals surface area contributed by atoms with E-state index in [4.69, 9.17) is 11.6 Å². The molecule has 2 aromatic rings. The molecule has 0 aromatic carbocycles. The van der Waals surface area contributed by atoms with Gasteiger partial charge in [0.2, 0.25) is 11.9 Å². The second-order valence-corrected chi connectivity index (χ2v) is 7.06. The van der Waals surface area contributed by atoms with Crippen molar-refractivity contribution in [2.45, 2.75) is 56.6 Å². The van der Waals surface area contributed by atoms with Crippen LogP contribution < -0.4 is 5.32 Å². The van der Waals surface area contributed by atoms with E-state index in [-0.39, 0.29) is 12.3 Å². The number of rotatable bonds is 4. The number of nitrogens with zero attached hydrogens (tertiary/aromatic N) is 3. The Hall–Kier alpha value is -1.66. The summed E-state index contributed by atoms with van der Waals surface area (Å²) in [5.74, 6) is 0.307. The van der Waals surface area contributed by atoms with Crippen LogP contribution in [0, 0.1) is 0 Å². The topological polar surface area (TPSA) is 80.0 Å². The maximum Gasteiger partial charge on any atom is 0.229 e. The number of hydrogen-bond donors (Lipinski definition) is 2. The zero-order valence-electron chi connectivity index (χ0n) is 12.8. The molecular weight excluding hydrogens is 316 g/mol. The molecule has 2 N–H and O–H groups in total. The number of hydrogen-bond acceptors (Lipinski definition) is 4. The molecule has 2 aliphatic carbocycles. The molecule has 23 heavy (non-hydrogen) atoms. The number of aliphatic hydroxyl groups is 1. The first-order valence-electron chi connectivity index (χ1n) is 8.11. The number of carbonyl (C=O) groups is 1. The van der Waals surface area contributed by atoms with Gasteiger partial charge in [0.15, 0.2) is 5.65 Å². The van der Waals surface area contributed by atoms with Gasteiger partial charge in [-0.2, -0.15) is 0 Å². The Morgan fingerprint density at radius 1 is 1.35 bits per heavy atom.